The van der Waals surface area contributed by atoms with E-state index in [4.69, 9.17) is 9.47 Å². The van der Waals surface area contributed by atoms with Crippen LogP contribution >= 0.6 is 0 Å². The van der Waals surface area contributed by atoms with E-state index >= 15 is 0 Å². The molecule has 0 heterocycles. The first-order valence-corrected chi connectivity index (χ1v) is 5.77. The van der Waals surface area contributed by atoms with E-state index in [1.807, 2.05) is 0 Å². The summed E-state index contributed by atoms with van der Waals surface area (Å²) >= 11 is 0. The van der Waals surface area contributed by atoms with Crippen LogP contribution in [0.5, 0.6) is 5.75 Å². The van der Waals surface area contributed by atoms with Crippen LogP contribution in [0.1, 0.15) is 12.8 Å². The number of halogens is 1. The van der Waals surface area contributed by atoms with Crippen molar-refractivity contribution in [3.63, 3.8) is 0 Å². The standard InChI is InChI=1S/C13H16FNO3/c1-17-11-4-3-9(14)7-10(11)15-8-13(5-6-13)12(16)18-2/h3-4,7,15H,5-6,8H2,1-2H3. The summed E-state index contributed by atoms with van der Waals surface area (Å²) < 4.78 is 23.0. The van der Waals surface area contributed by atoms with Crippen LogP contribution in [0.15, 0.2) is 18.2 Å². The number of methoxy groups -OCH3 is 2. The third-order valence-corrected chi connectivity index (χ3v) is 3.25. The lowest BCUT2D eigenvalue weighted by molar-refractivity contribution is -0.146. The van der Waals surface area contributed by atoms with Crippen LogP contribution in [-0.2, 0) is 9.53 Å². The molecule has 1 aromatic carbocycles. The minimum Gasteiger partial charge on any atom is -0.495 e. The van der Waals surface area contributed by atoms with Crippen molar-refractivity contribution in [2.24, 2.45) is 5.41 Å². The van der Waals surface area contributed by atoms with Crippen molar-refractivity contribution in [3.05, 3.63) is 24.0 Å². The molecule has 1 aliphatic carbocycles. The third-order valence-electron chi connectivity index (χ3n) is 3.25. The van der Waals surface area contributed by atoms with Crippen LogP contribution in [0, 0.1) is 11.2 Å². The first-order chi connectivity index (χ1) is 8.61. The average Bonchev–Trinajstić information content (AvgIpc) is 3.17. The zero-order valence-electron chi connectivity index (χ0n) is 10.5. The Hall–Kier alpha value is -1.78. The monoisotopic (exact) mass is 253 g/mol. The Labute approximate surface area is 105 Å². The van der Waals surface area contributed by atoms with Gasteiger partial charge in [0.15, 0.2) is 0 Å². The maximum atomic E-state index is 13.2. The normalized spacial score (nSPS) is 15.9. The zero-order valence-corrected chi connectivity index (χ0v) is 10.5. The fraction of sp³-hybridized carbons (Fsp3) is 0.462. The molecule has 0 aliphatic heterocycles. The second-order valence-corrected chi connectivity index (χ2v) is 4.47. The summed E-state index contributed by atoms with van der Waals surface area (Å²) in [7, 11) is 2.90. The van der Waals surface area contributed by atoms with Crippen LogP contribution in [-0.4, -0.2) is 26.7 Å². The van der Waals surface area contributed by atoms with Gasteiger partial charge in [-0.1, -0.05) is 0 Å². The van der Waals surface area contributed by atoms with Crippen molar-refractivity contribution in [3.8, 4) is 5.75 Å². The Kier molecular flexibility index (Phi) is 3.41. The number of ether oxygens (including phenoxy) is 2. The highest BCUT2D eigenvalue weighted by Crippen LogP contribution is 2.47. The molecule has 1 aromatic rings. The first-order valence-electron chi connectivity index (χ1n) is 5.77. The molecule has 0 aromatic heterocycles. The molecule has 1 aliphatic rings. The lowest BCUT2D eigenvalue weighted by atomic mass is 10.1. The Bertz CT molecular complexity index is 458. The topological polar surface area (TPSA) is 47.6 Å². The number of carbonyl (C=O) groups excluding carboxylic acids is 1. The number of hydrogen-bond acceptors (Lipinski definition) is 4. The van der Waals surface area contributed by atoms with Gasteiger partial charge in [-0.05, 0) is 25.0 Å². The molecule has 4 nitrogen and oxygen atoms in total. The maximum Gasteiger partial charge on any atom is 0.313 e. The highest BCUT2D eigenvalue weighted by atomic mass is 19.1. The molecule has 0 unspecified atom stereocenters. The number of hydrogen-bond donors (Lipinski definition) is 1. The van der Waals surface area contributed by atoms with Gasteiger partial charge in [-0.2, -0.15) is 0 Å². The fourth-order valence-corrected chi connectivity index (χ4v) is 1.90. The van der Waals surface area contributed by atoms with E-state index in [0.29, 0.717) is 18.0 Å². The van der Waals surface area contributed by atoms with Crippen molar-refractivity contribution >= 4 is 11.7 Å². The Morgan fingerprint density at radius 1 is 1.44 bits per heavy atom. The molecule has 1 N–H and O–H groups in total. The SMILES string of the molecule is COC(=O)C1(CNc2cc(F)ccc2OC)CC1. The van der Waals surface area contributed by atoms with Gasteiger partial charge in [-0.15, -0.1) is 0 Å². The van der Waals surface area contributed by atoms with Crippen LogP contribution in [0.25, 0.3) is 0 Å². The number of carbonyl (C=O) groups is 1. The average molecular weight is 253 g/mol. The third kappa shape index (κ3) is 2.39. The van der Waals surface area contributed by atoms with Crippen molar-refractivity contribution < 1.29 is 18.7 Å². The molecule has 1 fully saturated rings. The van der Waals surface area contributed by atoms with E-state index in [1.165, 1.54) is 26.4 Å². The molecule has 0 atom stereocenters. The maximum absolute atomic E-state index is 13.2. The first kappa shape index (κ1) is 12.7. The van der Waals surface area contributed by atoms with Gasteiger partial charge in [0.2, 0.25) is 0 Å². The van der Waals surface area contributed by atoms with E-state index in [9.17, 15) is 9.18 Å². The number of nitrogens with one attached hydrogen (secondary N) is 1. The van der Waals surface area contributed by atoms with Gasteiger partial charge in [-0.25, -0.2) is 4.39 Å². The molecule has 5 heteroatoms. The smallest absolute Gasteiger partial charge is 0.313 e. The molecular weight excluding hydrogens is 237 g/mol. The summed E-state index contributed by atoms with van der Waals surface area (Å²) in [5.74, 6) is -0.0105. The van der Waals surface area contributed by atoms with Crippen LogP contribution in [0.4, 0.5) is 10.1 Å². The molecular formula is C13H16FNO3. The van der Waals surface area contributed by atoms with Crippen LogP contribution < -0.4 is 10.1 Å². The summed E-state index contributed by atoms with van der Waals surface area (Å²) in [4.78, 5) is 11.6. The summed E-state index contributed by atoms with van der Waals surface area (Å²) in [5, 5.41) is 3.06. The quantitative estimate of drug-likeness (QED) is 0.817. The molecule has 1 saturated carbocycles. The van der Waals surface area contributed by atoms with Crippen LogP contribution in [0.2, 0.25) is 0 Å². The lowest BCUT2D eigenvalue weighted by Gasteiger charge is -2.16. The molecule has 0 radical (unpaired) electrons. The van der Waals surface area contributed by atoms with Crippen molar-refractivity contribution in [2.45, 2.75) is 12.8 Å². The number of rotatable bonds is 5. The van der Waals surface area contributed by atoms with Gasteiger partial charge in [-0.3, -0.25) is 4.79 Å². The highest BCUT2D eigenvalue weighted by molar-refractivity contribution is 5.80. The summed E-state index contributed by atoms with van der Waals surface area (Å²) in [6.45, 7) is 0.430. The van der Waals surface area contributed by atoms with E-state index in [2.05, 4.69) is 5.32 Å². The summed E-state index contributed by atoms with van der Waals surface area (Å²) in [6, 6.07) is 4.23. The Morgan fingerprint density at radius 3 is 2.72 bits per heavy atom. The number of anilines is 1. The summed E-state index contributed by atoms with van der Waals surface area (Å²) in [6.07, 6.45) is 1.59. The van der Waals surface area contributed by atoms with Gasteiger partial charge in [0, 0.05) is 12.6 Å². The lowest BCUT2D eigenvalue weighted by Crippen LogP contribution is -2.26. The highest BCUT2D eigenvalue weighted by Gasteiger charge is 2.50. The summed E-state index contributed by atoms with van der Waals surface area (Å²) in [5.41, 5.74) is 0.0965. The van der Waals surface area contributed by atoms with Gasteiger partial charge in [0.1, 0.15) is 11.6 Å². The van der Waals surface area contributed by atoms with Crippen molar-refractivity contribution in [2.75, 3.05) is 26.1 Å². The van der Waals surface area contributed by atoms with Crippen molar-refractivity contribution in [1.29, 1.82) is 0 Å². The predicted octanol–water partition coefficient (Wildman–Crippen LogP) is 2.20. The fourth-order valence-electron chi connectivity index (χ4n) is 1.90. The van der Waals surface area contributed by atoms with Crippen LogP contribution in [0.3, 0.4) is 0 Å². The molecule has 2 rings (SSSR count). The Morgan fingerprint density at radius 2 is 2.17 bits per heavy atom. The molecule has 18 heavy (non-hydrogen) atoms. The number of benzene rings is 1. The van der Waals surface area contributed by atoms with Crippen molar-refractivity contribution in [1.82, 2.24) is 0 Å². The predicted molar refractivity (Wildman–Crippen MR) is 65.1 cm³/mol. The van der Waals surface area contributed by atoms with Gasteiger partial charge in [0.05, 0.1) is 25.3 Å². The van der Waals surface area contributed by atoms with E-state index < -0.39 is 5.41 Å². The minimum atomic E-state index is -0.452. The second-order valence-electron chi connectivity index (χ2n) is 4.47. The van der Waals surface area contributed by atoms with Gasteiger partial charge >= 0.3 is 5.97 Å². The van der Waals surface area contributed by atoms with Gasteiger partial charge < -0.3 is 14.8 Å². The molecule has 0 amide bonds. The second kappa shape index (κ2) is 4.84. The molecule has 98 valence electrons. The van der Waals surface area contributed by atoms with Gasteiger partial charge in [0.25, 0.3) is 0 Å². The molecule has 0 saturated heterocycles. The minimum absolute atomic E-state index is 0.217. The molecule has 0 bridgehead atoms. The number of esters is 1. The van der Waals surface area contributed by atoms with E-state index in [1.54, 1.807) is 6.07 Å². The van der Waals surface area contributed by atoms with E-state index in [0.717, 1.165) is 12.8 Å². The molecule has 0 spiro atoms. The Balaban J connectivity index is 2.06. The zero-order chi connectivity index (χ0) is 13.2. The van der Waals surface area contributed by atoms with E-state index in [-0.39, 0.29) is 11.8 Å². The largest absolute Gasteiger partial charge is 0.495 e.